The first kappa shape index (κ1) is 15.9. The van der Waals surface area contributed by atoms with Gasteiger partial charge in [-0.15, -0.1) is 0 Å². The van der Waals surface area contributed by atoms with Gasteiger partial charge in [-0.3, -0.25) is 0 Å². The molecule has 5 heteroatoms. The molecule has 0 aromatic rings. The maximum absolute atomic E-state index is 12.0. The molecule has 0 radical (unpaired) electrons. The van der Waals surface area contributed by atoms with Crippen LogP contribution in [0.15, 0.2) is 0 Å². The number of unbranched alkanes of at least 4 members (excludes halogenated alkanes) is 2. The lowest BCUT2D eigenvalue weighted by Crippen LogP contribution is -2.40. The summed E-state index contributed by atoms with van der Waals surface area (Å²) in [6.07, 6.45) is 3.14. The largest absolute Gasteiger partial charge is 0.316 e. The third-order valence-corrected chi connectivity index (χ3v) is 4.94. The van der Waals surface area contributed by atoms with Crippen LogP contribution in [0.2, 0.25) is 0 Å². The van der Waals surface area contributed by atoms with Gasteiger partial charge in [-0.25, -0.2) is 12.7 Å². The van der Waals surface area contributed by atoms with Crippen molar-refractivity contribution in [2.75, 3.05) is 26.7 Å². The van der Waals surface area contributed by atoms with Gasteiger partial charge >= 0.3 is 0 Å². The predicted molar refractivity (Wildman–Crippen MR) is 69.1 cm³/mol. The van der Waals surface area contributed by atoms with E-state index in [1.54, 1.807) is 14.0 Å². The van der Waals surface area contributed by atoms with Gasteiger partial charge in [0.2, 0.25) is 10.0 Å². The first-order valence-corrected chi connectivity index (χ1v) is 7.63. The van der Waals surface area contributed by atoms with Crippen molar-refractivity contribution < 1.29 is 8.42 Å². The third kappa shape index (κ3) is 5.27. The van der Waals surface area contributed by atoms with Crippen LogP contribution < -0.4 is 5.32 Å². The molecule has 0 aliphatic rings. The van der Waals surface area contributed by atoms with Crippen molar-refractivity contribution in [3.8, 4) is 0 Å². The maximum Gasteiger partial charge on any atom is 0.217 e. The summed E-state index contributed by atoms with van der Waals surface area (Å²) in [6.45, 7) is 7.81. The Kier molecular flexibility index (Phi) is 7.97. The van der Waals surface area contributed by atoms with Crippen molar-refractivity contribution in [3.05, 3.63) is 0 Å². The number of sulfonamides is 1. The quantitative estimate of drug-likeness (QED) is 0.630. The normalized spacial score (nSPS) is 14.3. The van der Waals surface area contributed by atoms with E-state index in [-0.39, 0.29) is 5.25 Å². The van der Waals surface area contributed by atoms with Crippen LogP contribution in [0.4, 0.5) is 0 Å². The topological polar surface area (TPSA) is 49.4 Å². The molecule has 0 heterocycles. The number of nitrogens with one attached hydrogen (secondary N) is 1. The summed E-state index contributed by atoms with van der Waals surface area (Å²) in [5.74, 6) is 0. The molecular formula is C11H26N2O2S. The van der Waals surface area contributed by atoms with Gasteiger partial charge < -0.3 is 5.32 Å². The average Bonchev–Trinajstić information content (AvgIpc) is 2.25. The SMILES string of the molecule is CCCCCN(C)S(=O)(=O)C(C)CNCC. The van der Waals surface area contributed by atoms with E-state index < -0.39 is 10.0 Å². The zero-order chi connectivity index (χ0) is 12.6. The van der Waals surface area contributed by atoms with Crippen molar-refractivity contribution in [2.45, 2.75) is 45.3 Å². The molecule has 98 valence electrons. The summed E-state index contributed by atoms with van der Waals surface area (Å²) >= 11 is 0. The zero-order valence-electron chi connectivity index (χ0n) is 11.0. The van der Waals surface area contributed by atoms with Gasteiger partial charge in [-0.1, -0.05) is 26.7 Å². The van der Waals surface area contributed by atoms with Gasteiger partial charge in [0.25, 0.3) is 0 Å². The van der Waals surface area contributed by atoms with Gasteiger partial charge in [-0.05, 0) is 19.9 Å². The van der Waals surface area contributed by atoms with Crippen LogP contribution in [0.3, 0.4) is 0 Å². The summed E-state index contributed by atoms with van der Waals surface area (Å²) in [5, 5.41) is 2.72. The van der Waals surface area contributed by atoms with E-state index in [2.05, 4.69) is 12.2 Å². The van der Waals surface area contributed by atoms with E-state index in [1.807, 2.05) is 6.92 Å². The Morgan fingerprint density at radius 1 is 1.25 bits per heavy atom. The Labute approximate surface area is 100 Å². The van der Waals surface area contributed by atoms with Crippen LogP contribution in [0.25, 0.3) is 0 Å². The number of rotatable bonds is 9. The van der Waals surface area contributed by atoms with Crippen LogP contribution in [-0.4, -0.2) is 44.7 Å². The molecule has 0 rings (SSSR count). The lowest BCUT2D eigenvalue weighted by atomic mass is 10.2. The van der Waals surface area contributed by atoms with Crippen LogP contribution in [0, 0.1) is 0 Å². The molecule has 1 unspecified atom stereocenters. The minimum atomic E-state index is -3.12. The second kappa shape index (κ2) is 8.03. The van der Waals surface area contributed by atoms with Gasteiger partial charge in [0.05, 0.1) is 5.25 Å². The molecule has 0 aliphatic heterocycles. The number of nitrogens with zero attached hydrogens (tertiary/aromatic N) is 1. The number of hydrogen-bond donors (Lipinski definition) is 1. The molecular weight excluding hydrogens is 224 g/mol. The van der Waals surface area contributed by atoms with Crippen LogP contribution in [-0.2, 0) is 10.0 Å². The Morgan fingerprint density at radius 2 is 1.88 bits per heavy atom. The van der Waals surface area contributed by atoms with E-state index in [0.717, 1.165) is 25.8 Å². The molecule has 0 spiro atoms. The fourth-order valence-electron chi connectivity index (χ4n) is 1.47. The highest BCUT2D eigenvalue weighted by atomic mass is 32.2. The Morgan fingerprint density at radius 3 is 2.38 bits per heavy atom. The van der Waals surface area contributed by atoms with Crippen LogP contribution >= 0.6 is 0 Å². The van der Waals surface area contributed by atoms with Gasteiger partial charge in [0, 0.05) is 20.1 Å². The van der Waals surface area contributed by atoms with E-state index in [9.17, 15) is 8.42 Å². The summed E-state index contributed by atoms with van der Waals surface area (Å²) in [7, 11) is -1.45. The predicted octanol–water partition coefficient (Wildman–Crippen LogP) is 1.44. The van der Waals surface area contributed by atoms with E-state index in [0.29, 0.717) is 13.1 Å². The molecule has 16 heavy (non-hydrogen) atoms. The Balaban J connectivity index is 4.18. The summed E-state index contributed by atoms with van der Waals surface area (Å²) < 4.78 is 25.5. The lowest BCUT2D eigenvalue weighted by Gasteiger charge is -2.22. The fourth-order valence-corrected chi connectivity index (χ4v) is 2.80. The molecule has 0 saturated heterocycles. The van der Waals surface area contributed by atoms with Crippen molar-refractivity contribution in [2.24, 2.45) is 0 Å². The maximum atomic E-state index is 12.0. The molecule has 0 fully saturated rings. The molecule has 4 nitrogen and oxygen atoms in total. The smallest absolute Gasteiger partial charge is 0.217 e. The van der Waals surface area contributed by atoms with Gasteiger partial charge in [0.15, 0.2) is 0 Å². The highest BCUT2D eigenvalue weighted by Crippen LogP contribution is 2.08. The minimum Gasteiger partial charge on any atom is -0.316 e. The fraction of sp³-hybridized carbons (Fsp3) is 1.00. The van der Waals surface area contributed by atoms with Gasteiger partial charge in [-0.2, -0.15) is 0 Å². The second-order valence-electron chi connectivity index (χ2n) is 4.19. The molecule has 0 saturated carbocycles. The lowest BCUT2D eigenvalue weighted by molar-refractivity contribution is 0.444. The molecule has 0 aromatic heterocycles. The van der Waals surface area contributed by atoms with Gasteiger partial charge in [0.1, 0.15) is 0 Å². The van der Waals surface area contributed by atoms with Crippen LogP contribution in [0.5, 0.6) is 0 Å². The highest BCUT2D eigenvalue weighted by Gasteiger charge is 2.24. The van der Waals surface area contributed by atoms with Crippen LogP contribution in [0.1, 0.15) is 40.0 Å². The molecule has 0 aliphatic carbocycles. The third-order valence-electron chi connectivity index (χ3n) is 2.70. The number of hydrogen-bond acceptors (Lipinski definition) is 3. The molecule has 1 N–H and O–H groups in total. The Hall–Kier alpha value is -0.130. The summed E-state index contributed by atoms with van der Waals surface area (Å²) in [6, 6.07) is 0. The molecule has 0 aromatic carbocycles. The molecule has 0 bridgehead atoms. The zero-order valence-corrected chi connectivity index (χ0v) is 11.8. The van der Waals surface area contributed by atoms with Crippen molar-refractivity contribution in [3.63, 3.8) is 0 Å². The second-order valence-corrected chi connectivity index (χ2v) is 6.65. The van der Waals surface area contributed by atoms with Crippen molar-refractivity contribution >= 4 is 10.0 Å². The van der Waals surface area contributed by atoms with E-state index in [4.69, 9.17) is 0 Å². The minimum absolute atomic E-state index is 0.348. The van der Waals surface area contributed by atoms with E-state index >= 15 is 0 Å². The van der Waals surface area contributed by atoms with Crippen molar-refractivity contribution in [1.29, 1.82) is 0 Å². The first-order chi connectivity index (χ1) is 7.46. The summed E-state index contributed by atoms with van der Waals surface area (Å²) in [4.78, 5) is 0. The summed E-state index contributed by atoms with van der Waals surface area (Å²) in [5.41, 5.74) is 0. The standard InChI is InChI=1S/C11H26N2O2S/c1-5-7-8-9-13(4)16(14,15)11(3)10-12-6-2/h11-12H,5-10H2,1-4H3. The Bertz CT molecular complexity index is 265. The van der Waals surface area contributed by atoms with E-state index in [1.165, 1.54) is 4.31 Å². The molecule has 0 amide bonds. The highest BCUT2D eigenvalue weighted by molar-refractivity contribution is 7.89. The first-order valence-electron chi connectivity index (χ1n) is 6.12. The molecule has 1 atom stereocenters. The van der Waals surface area contributed by atoms with Crippen molar-refractivity contribution in [1.82, 2.24) is 9.62 Å². The monoisotopic (exact) mass is 250 g/mol. The average molecular weight is 250 g/mol.